The summed E-state index contributed by atoms with van der Waals surface area (Å²) in [5.74, 6) is 0.125. The van der Waals surface area contributed by atoms with Crippen LogP contribution in [0.4, 0.5) is 0 Å². The molecule has 5 nitrogen and oxygen atoms in total. The highest BCUT2D eigenvalue weighted by atomic mass is 16.5. The number of likely N-dealkylation sites (N-methyl/N-ethyl adjacent to an activating group) is 2. The summed E-state index contributed by atoms with van der Waals surface area (Å²) in [6.07, 6.45) is 0.167. The molecule has 1 aliphatic heterocycles. The van der Waals surface area contributed by atoms with Crippen molar-refractivity contribution < 1.29 is 9.53 Å². The van der Waals surface area contributed by atoms with E-state index in [9.17, 15) is 4.79 Å². The third kappa shape index (κ3) is 5.61. The molecule has 0 bridgehead atoms. The van der Waals surface area contributed by atoms with Crippen molar-refractivity contribution in [3.63, 3.8) is 0 Å². The second kappa shape index (κ2) is 8.39. The molecule has 5 heteroatoms. The number of rotatable bonds is 7. The van der Waals surface area contributed by atoms with Gasteiger partial charge < -0.3 is 19.9 Å². The van der Waals surface area contributed by atoms with Gasteiger partial charge in [-0.25, -0.2) is 0 Å². The summed E-state index contributed by atoms with van der Waals surface area (Å²) in [5.41, 5.74) is 1.00. The minimum Gasteiger partial charge on any atom is -0.374 e. The summed E-state index contributed by atoms with van der Waals surface area (Å²) in [6, 6.07) is -0.190. The first kappa shape index (κ1) is 17.1. The third-order valence-corrected chi connectivity index (χ3v) is 3.52. The zero-order chi connectivity index (χ0) is 15.1. The summed E-state index contributed by atoms with van der Waals surface area (Å²) in [6.45, 7) is 14.4. The van der Waals surface area contributed by atoms with Gasteiger partial charge in [0.05, 0.1) is 18.8 Å². The maximum absolute atomic E-state index is 12.3. The van der Waals surface area contributed by atoms with Crippen LogP contribution in [0.3, 0.4) is 0 Å². The normalized spacial score (nSPS) is 21.5. The van der Waals surface area contributed by atoms with E-state index in [0.29, 0.717) is 19.6 Å². The van der Waals surface area contributed by atoms with Crippen molar-refractivity contribution in [2.75, 3.05) is 46.4 Å². The molecular formula is C15H29N3O2. The molecule has 1 aliphatic rings. The zero-order valence-electron chi connectivity index (χ0n) is 13.3. The predicted octanol–water partition coefficient (Wildman–Crippen LogP) is 0.720. The van der Waals surface area contributed by atoms with Crippen LogP contribution in [-0.4, -0.2) is 74.2 Å². The number of carbonyl (C=O) groups is 1. The van der Waals surface area contributed by atoms with E-state index in [0.717, 1.165) is 25.3 Å². The minimum absolute atomic E-state index is 0.125. The van der Waals surface area contributed by atoms with Gasteiger partial charge in [0.1, 0.15) is 0 Å². The molecule has 0 aromatic carbocycles. The lowest BCUT2D eigenvalue weighted by molar-refractivity contribution is -0.132. The Hall–Kier alpha value is -0.910. The lowest BCUT2D eigenvalue weighted by atomic mass is 10.2. The van der Waals surface area contributed by atoms with Crippen LogP contribution in [0.1, 0.15) is 20.8 Å². The number of amides is 1. The number of hydrogen-bond acceptors (Lipinski definition) is 4. The minimum atomic E-state index is -0.190. The average Bonchev–Trinajstić information content (AvgIpc) is 2.41. The number of hydrogen-bond donors (Lipinski definition) is 1. The number of nitrogens with zero attached hydrogens (tertiary/aromatic N) is 2. The van der Waals surface area contributed by atoms with Gasteiger partial charge in [-0.1, -0.05) is 12.2 Å². The van der Waals surface area contributed by atoms with E-state index in [1.807, 2.05) is 25.7 Å². The summed E-state index contributed by atoms with van der Waals surface area (Å²) in [5, 5.41) is 3.29. The van der Waals surface area contributed by atoms with E-state index in [1.54, 1.807) is 0 Å². The lowest BCUT2D eigenvalue weighted by Gasteiger charge is -2.31. The first-order valence-corrected chi connectivity index (χ1v) is 7.40. The fraction of sp³-hybridized carbons (Fsp3) is 0.800. The number of nitrogens with one attached hydrogen (secondary N) is 1. The average molecular weight is 283 g/mol. The monoisotopic (exact) mass is 283 g/mol. The van der Waals surface area contributed by atoms with Crippen LogP contribution in [0, 0.1) is 0 Å². The molecule has 0 spiro atoms. The highest BCUT2D eigenvalue weighted by Crippen LogP contribution is 2.04. The number of carbonyl (C=O) groups excluding carboxylic acids is 1. The molecule has 0 radical (unpaired) electrons. The molecule has 1 heterocycles. The van der Waals surface area contributed by atoms with Gasteiger partial charge in [-0.3, -0.25) is 4.79 Å². The highest BCUT2D eigenvalue weighted by molar-refractivity contribution is 5.81. The van der Waals surface area contributed by atoms with Gasteiger partial charge >= 0.3 is 0 Å². The van der Waals surface area contributed by atoms with Crippen LogP contribution < -0.4 is 5.32 Å². The van der Waals surface area contributed by atoms with Crippen molar-refractivity contribution in [3.8, 4) is 0 Å². The zero-order valence-corrected chi connectivity index (χ0v) is 13.3. The number of ether oxygens (including phenoxy) is 1. The molecule has 0 aromatic rings. The Labute approximate surface area is 122 Å². The first-order chi connectivity index (χ1) is 9.43. The molecule has 0 aromatic heterocycles. The molecule has 0 saturated carbocycles. The Kier molecular flexibility index (Phi) is 7.19. The molecule has 20 heavy (non-hydrogen) atoms. The van der Waals surface area contributed by atoms with Crippen LogP contribution in [0.15, 0.2) is 12.2 Å². The van der Waals surface area contributed by atoms with E-state index < -0.39 is 0 Å². The highest BCUT2D eigenvalue weighted by Gasteiger charge is 2.22. The smallest absolute Gasteiger partial charge is 0.239 e. The molecule has 1 fully saturated rings. The molecule has 2 unspecified atom stereocenters. The van der Waals surface area contributed by atoms with Gasteiger partial charge in [0, 0.05) is 32.7 Å². The Morgan fingerprint density at radius 1 is 1.60 bits per heavy atom. The van der Waals surface area contributed by atoms with Crippen LogP contribution in [0.2, 0.25) is 0 Å². The number of morpholine rings is 1. The van der Waals surface area contributed by atoms with Crippen LogP contribution in [0.5, 0.6) is 0 Å². The van der Waals surface area contributed by atoms with Gasteiger partial charge in [-0.15, -0.1) is 0 Å². The molecule has 2 atom stereocenters. The fourth-order valence-corrected chi connectivity index (χ4v) is 2.33. The van der Waals surface area contributed by atoms with E-state index in [-0.39, 0.29) is 18.1 Å². The summed E-state index contributed by atoms with van der Waals surface area (Å²) in [7, 11) is 2.09. The Balaban J connectivity index is 2.38. The first-order valence-electron chi connectivity index (χ1n) is 7.40. The molecular weight excluding hydrogens is 254 g/mol. The van der Waals surface area contributed by atoms with E-state index >= 15 is 0 Å². The SMILES string of the molecule is C=C(C)CN(CC)C(=O)C(C)NCC1CN(C)CCO1. The summed E-state index contributed by atoms with van der Waals surface area (Å²) in [4.78, 5) is 16.4. The van der Waals surface area contributed by atoms with Gasteiger partial charge in [0.2, 0.25) is 5.91 Å². The van der Waals surface area contributed by atoms with Crippen molar-refractivity contribution in [2.24, 2.45) is 0 Å². The summed E-state index contributed by atoms with van der Waals surface area (Å²) < 4.78 is 5.69. The van der Waals surface area contributed by atoms with E-state index in [2.05, 4.69) is 23.8 Å². The second-order valence-corrected chi connectivity index (χ2v) is 5.69. The maximum Gasteiger partial charge on any atom is 0.239 e. The molecule has 1 amide bonds. The third-order valence-electron chi connectivity index (χ3n) is 3.52. The molecule has 1 N–H and O–H groups in total. The van der Waals surface area contributed by atoms with Crippen LogP contribution in [0.25, 0.3) is 0 Å². The van der Waals surface area contributed by atoms with Crippen molar-refractivity contribution in [3.05, 3.63) is 12.2 Å². The lowest BCUT2D eigenvalue weighted by Crippen LogP contribution is -2.50. The van der Waals surface area contributed by atoms with E-state index in [4.69, 9.17) is 4.74 Å². The largest absolute Gasteiger partial charge is 0.374 e. The molecule has 1 saturated heterocycles. The Morgan fingerprint density at radius 2 is 2.30 bits per heavy atom. The summed E-state index contributed by atoms with van der Waals surface area (Å²) >= 11 is 0. The van der Waals surface area contributed by atoms with Gasteiger partial charge in [-0.05, 0) is 27.8 Å². The van der Waals surface area contributed by atoms with Crippen molar-refractivity contribution in [2.45, 2.75) is 32.9 Å². The Morgan fingerprint density at radius 3 is 2.85 bits per heavy atom. The second-order valence-electron chi connectivity index (χ2n) is 5.69. The van der Waals surface area contributed by atoms with E-state index in [1.165, 1.54) is 0 Å². The Bertz CT molecular complexity index is 333. The maximum atomic E-state index is 12.3. The van der Waals surface area contributed by atoms with Crippen molar-refractivity contribution in [1.29, 1.82) is 0 Å². The van der Waals surface area contributed by atoms with Gasteiger partial charge in [-0.2, -0.15) is 0 Å². The molecule has 116 valence electrons. The quantitative estimate of drug-likeness (QED) is 0.699. The standard InChI is InChI=1S/C15H29N3O2/c1-6-18(10-12(2)3)15(19)13(4)16-9-14-11-17(5)7-8-20-14/h13-14,16H,2,6-11H2,1,3-5H3. The van der Waals surface area contributed by atoms with Crippen LogP contribution in [-0.2, 0) is 9.53 Å². The van der Waals surface area contributed by atoms with Gasteiger partial charge in [0.15, 0.2) is 0 Å². The fourth-order valence-electron chi connectivity index (χ4n) is 2.33. The molecule has 1 rings (SSSR count). The van der Waals surface area contributed by atoms with Gasteiger partial charge in [0.25, 0.3) is 0 Å². The van der Waals surface area contributed by atoms with Crippen molar-refractivity contribution in [1.82, 2.24) is 15.1 Å². The predicted molar refractivity (Wildman–Crippen MR) is 81.8 cm³/mol. The topological polar surface area (TPSA) is 44.8 Å². The van der Waals surface area contributed by atoms with Crippen molar-refractivity contribution >= 4 is 5.91 Å². The molecule has 0 aliphatic carbocycles. The van der Waals surface area contributed by atoms with Crippen LogP contribution >= 0.6 is 0 Å².